The molecule has 3 N–H and O–H groups in total. The van der Waals surface area contributed by atoms with Crippen LogP contribution >= 0.6 is 0 Å². The molecule has 2 rings (SSSR count). The van der Waals surface area contributed by atoms with E-state index < -0.39 is 5.92 Å². The Morgan fingerprint density at radius 2 is 1.26 bits per heavy atom. The van der Waals surface area contributed by atoms with Crippen molar-refractivity contribution in [2.24, 2.45) is 0 Å². The lowest BCUT2D eigenvalue weighted by molar-refractivity contribution is 0.275. The minimum atomic E-state index is -0.431. The van der Waals surface area contributed by atoms with Gasteiger partial charge >= 0.3 is 0 Å². The molecule has 0 aromatic heterocycles. The summed E-state index contributed by atoms with van der Waals surface area (Å²) >= 11 is 0. The molecule has 0 fully saturated rings. The van der Waals surface area contributed by atoms with Crippen molar-refractivity contribution in [3.05, 3.63) is 58.7 Å². The molecule has 0 atom stereocenters. The molecule has 0 amide bonds. The second kappa shape index (κ2) is 5.33. The van der Waals surface area contributed by atoms with Crippen molar-refractivity contribution < 1.29 is 15.3 Å². The van der Waals surface area contributed by atoms with Crippen molar-refractivity contribution >= 4 is 0 Å². The Bertz CT molecular complexity index is 539. The van der Waals surface area contributed by atoms with Gasteiger partial charge in [-0.25, -0.2) is 0 Å². The van der Waals surface area contributed by atoms with Crippen LogP contribution < -0.4 is 0 Å². The van der Waals surface area contributed by atoms with Gasteiger partial charge in [0.25, 0.3) is 0 Å². The minimum absolute atomic E-state index is 0.169. The van der Waals surface area contributed by atoms with Gasteiger partial charge in [0.1, 0.15) is 11.5 Å². The Morgan fingerprint density at radius 1 is 0.842 bits per heavy atom. The highest BCUT2D eigenvalue weighted by atomic mass is 16.3. The first kappa shape index (κ1) is 13.4. The van der Waals surface area contributed by atoms with Gasteiger partial charge in [0.05, 0.1) is 6.61 Å². The molecule has 0 unspecified atom stereocenters. The summed E-state index contributed by atoms with van der Waals surface area (Å²) in [4.78, 5) is 0. The van der Waals surface area contributed by atoms with Crippen molar-refractivity contribution in [1.82, 2.24) is 0 Å². The lowest BCUT2D eigenvalue weighted by Gasteiger charge is -2.19. The molecule has 0 bridgehead atoms. The highest BCUT2D eigenvalue weighted by Crippen LogP contribution is 2.37. The third kappa shape index (κ3) is 2.42. The van der Waals surface area contributed by atoms with Crippen molar-refractivity contribution in [3.63, 3.8) is 0 Å². The number of aliphatic hydroxyl groups is 1. The number of hydrogen-bond acceptors (Lipinski definition) is 3. The second-order valence-corrected chi connectivity index (χ2v) is 4.76. The summed E-state index contributed by atoms with van der Waals surface area (Å²) in [5.74, 6) is -0.0929. The van der Waals surface area contributed by atoms with E-state index in [0.29, 0.717) is 11.1 Å². The van der Waals surface area contributed by atoms with Gasteiger partial charge in [0.15, 0.2) is 0 Å². The summed E-state index contributed by atoms with van der Waals surface area (Å²) in [6.45, 7) is 3.45. The largest absolute Gasteiger partial charge is 0.507 e. The van der Waals surface area contributed by atoms with Gasteiger partial charge in [0, 0.05) is 17.0 Å². The van der Waals surface area contributed by atoms with Gasteiger partial charge in [-0.3, -0.25) is 0 Å². The molecule has 2 aromatic rings. The van der Waals surface area contributed by atoms with E-state index in [1.807, 2.05) is 38.1 Å². The van der Waals surface area contributed by atoms with E-state index in [1.54, 1.807) is 12.1 Å². The first-order valence-electron chi connectivity index (χ1n) is 6.24. The van der Waals surface area contributed by atoms with Crippen LogP contribution in [-0.2, 0) is 0 Å². The number of rotatable bonds is 3. The van der Waals surface area contributed by atoms with Gasteiger partial charge in [0.2, 0.25) is 0 Å². The molecule has 0 spiro atoms. The van der Waals surface area contributed by atoms with Crippen LogP contribution in [0.5, 0.6) is 11.5 Å². The maximum absolute atomic E-state index is 10.1. The van der Waals surface area contributed by atoms with Crippen molar-refractivity contribution in [1.29, 1.82) is 0 Å². The topological polar surface area (TPSA) is 60.7 Å². The van der Waals surface area contributed by atoms with Crippen LogP contribution in [0.25, 0.3) is 0 Å². The quantitative estimate of drug-likeness (QED) is 0.793. The second-order valence-electron chi connectivity index (χ2n) is 4.76. The number of aromatic hydroxyl groups is 2. The van der Waals surface area contributed by atoms with Crippen molar-refractivity contribution in [2.45, 2.75) is 19.8 Å². The summed E-state index contributed by atoms with van der Waals surface area (Å²) in [6, 6.07) is 10.8. The van der Waals surface area contributed by atoms with Gasteiger partial charge in [-0.1, -0.05) is 36.4 Å². The van der Waals surface area contributed by atoms with Crippen LogP contribution in [0.3, 0.4) is 0 Å². The fourth-order valence-corrected chi connectivity index (χ4v) is 2.29. The average Bonchev–Trinajstić information content (AvgIpc) is 2.40. The van der Waals surface area contributed by atoms with Crippen LogP contribution in [-0.4, -0.2) is 21.9 Å². The molecule has 0 aliphatic carbocycles. The first-order valence-corrected chi connectivity index (χ1v) is 6.24. The molecule has 2 aromatic carbocycles. The predicted molar refractivity (Wildman–Crippen MR) is 74.6 cm³/mol. The molecule has 0 saturated heterocycles. The number of aryl methyl sites for hydroxylation is 2. The Balaban J connectivity index is 2.57. The van der Waals surface area contributed by atoms with Crippen LogP contribution in [0.4, 0.5) is 0 Å². The number of phenols is 2. The predicted octanol–water partition coefficient (Wildman–Crippen LogP) is 2.84. The molecular weight excluding hydrogens is 240 g/mol. The summed E-state index contributed by atoms with van der Waals surface area (Å²) in [5.41, 5.74) is 2.76. The normalized spacial score (nSPS) is 10.9. The molecule has 0 saturated carbocycles. The zero-order valence-electron chi connectivity index (χ0n) is 11.1. The van der Waals surface area contributed by atoms with E-state index in [0.717, 1.165) is 11.1 Å². The Morgan fingerprint density at radius 3 is 1.63 bits per heavy atom. The molecule has 100 valence electrons. The molecule has 19 heavy (non-hydrogen) atoms. The van der Waals surface area contributed by atoms with Gasteiger partial charge in [-0.05, 0) is 25.0 Å². The average molecular weight is 258 g/mol. The number of phenolic OH excluding ortho intramolecular Hbond substituents is 2. The van der Waals surface area contributed by atoms with Crippen LogP contribution in [0, 0.1) is 13.8 Å². The third-order valence-corrected chi connectivity index (χ3v) is 3.47. The van der Waals surface area contributed by atoms with E-state index in [9.17, 15) is 15.3 Å². The lowest BCUT2D eigenvalue weighted by Crippen LogP contribution is -2.07. The summed E-state index contributed by atoms with van der Waals surface area (Å²) in [6.07, 6.45) is 0. The molecule has 0 heterocycles. The number of hydrogen-bond donors (Lipinski definition) is 3. The van der Waals surface area contributed by atoms with Crippen LogP contribution in [0.15, 0.2) is 36.4 Å². The van der Waals surface area contributed by atoms with E-state index in [1.165, 1.54) is 0 Å². The SMILES string of the molecule is Cc1cccc(C(CO)c2cccc(C)c2O)c1O. The van der Waals surface area contributed by atoms with Gasteiger partial charge in [-0.15, -0.1) is 0 Å². The van der Waals surface area contributed by atoms with E-state index in [4.69, 9.17) is 0 Å². The van der Waals surface area contributed by atoms with E-state index in [2.05, 4.69) is 0 Å². The van der Waals surface area contributed by atoms with Crippen molar-refractivity contribution in [2.75, 3.05) is 6.61 Å². The Kier molecular flexibility index (Phi) is 3.76. The number of benzene rings is 2. The van der Waals surface area contributed by atoms with Crippen LogP contribution in [0.2, 0.25) is 0 Å². The molecule has 0 radical (unpaired) electrons. The molecule has 0 aliphatic rings. The maximum Gasteiger partial charge on any atom is 0.122 e. The Labute approximate surface area is 112 Å². The molecule has 3 nitrogen and oxygen atoms in total. The maximum atomic E-state index is 10.1. The van der Waals surface area contributed by atoms with E-state index >= 15 is 0 Å². The fourth-order valence-electron chi connectivity index (χ4n) is 2.29. The standard InChI is InChI=1S/C16H18O3/c1-10-5-3-7-12(15(10)18)14(9-17)13-8-4-6-11(2)16(13)19/h3-8,14,17-19H,9H2,1-2H3. The zero-order chi connectivity index (χ0) is 14.0. The smallest absolute Gasteiger partial charge is 0.122 e. The van der Waals surface area contributed by atoms with Gasteiger partial charge < -0.3 is 15.3 Å². The lowest BCUT2D eigenvalue weighted by atomic mass is 9.88. The van der Waals surface area contributed by atoms with Crippen LogP contribution in [0.1, 0.15) is 28.2 Å². The zero-order valence-corrected chi connectivity index (χ0v) is 11.1. The number of para-hydroxylation sites is 2. The fraction of sp³-hybridized carbons (Fsp3) is 0.250. The first-order chi connectivity index (χ1) is 9.06. The molecule has 0 aliphatic heterocycles. The van der Waals surface area contributed by atoms with Gasteiger partial charge in [-0.2, -0.15) is 0 Å². The van der Waals surface area contributed by atoms with E-state index in [-0.39, 0.29) is 18.1 Å². The number of aliphatic hydroxyl groups excluding tert-OH is 1. The summed E-state index contributed by atoms with van der Waals surface area (Å²) < 4.78 is 0. The molecular formula is C16H18O3. The molecule has 3 heteroatoms. The Hall–Kier alpha value is -2.00. The highest BCUT2D eigenvalue weighted by molar-refractivity contribution is 5.50. The minimum Gasteiger partial charge on any atom is -0.507 e. The monoisotopic (exact) mass is 258 g/mol. The van der Waals surface area contributed by atoms with Crippen molar-refractivity contribution in [3.8, 4) is 11.5 Å². The highest BCUT2D eigenvalue weighted by Gasteiger charge is 2.21. The summed E-state index contributed by atoms with van der Waals surface area (Å²) in [7, 11) is 0. The summed E-state index contributed by atoms with van der Waals surface area (Å²) in [5, 5.41) is 29.9. The third-order valence-electron chi connectivity index (χ3n) is 3.47.